The fourth-order valence-electron chi connectivity index (χ4n) is 5.07. The van der Waals surface area contributed by atoms with Crippen LogP contribution in [0.3, 0.4) is 0 Å². The number of rotatable bonds is 26. The normalized spacial score (nSPS) is 11.9. The number of aldehydes is 1. The largest absolute Gasteiger partial charge is 0.504 e. The summed E-state index contributed by atoms with van der Waals surface area (Å²) in [6, 6.07) is 4.61. The van der Waals surface area contributed by atoms with Crippen molar-refractivity contribution in [2.24, 2.45) is 17.8 Å². The highest BCUT2D eigenvalue weighted by molar-refractivity contribution is 5.75. The number of phenolic OH excluding ortho intramolecular Hbond substituents is 2. The summed E-state index contributed by atoms with van der Waals surface area (Å²) in [7, 11) is 0. The molecule has 1 aromatic rings. The molecule has 0 aliphatic rings. The highest BCUT2D eigenvalue weighted by Gasteiger charge is 2.24. The van der Waals surface area contributed by atoms with E-state index >= 15 is 0 Å². The summed E-state index contributed by atoms with van der Waals surface area (Å²) in [5.41, 5.74) is 0.770. The number of ether oxygens (including phenoxy) is 2. The number of Topliss-reactive ketones (excluding diaryl/α,β-unsaturated/α-hetero) is 1. The highest BCUT2D eigenvalue weighted by Crippen LogP contribution is 2.27. The summed E-state index contributed by atoms with van der Waals surface area (Å²) in [4.78, 5) is 45.0. The van der Waals surface area contributed by atoms with Gasteiger partial charge >= 0.3 is 11.9 Å². The lowest BCUT2D eigenvalue weighted by atomic mass is 9.92. The fraction of sp³-hybridized carbons (Fsp3) is 0.767. The number of hydrogen-bond donors (Lipinski definition) is 2. The topological polar surface area (TPSA) is 127 Å². The van der Waals surface area contributed by atoms with Crippen LogP contribution in [-0.2, 0) is 35.1 Å². The second kappa shape index (κ2) is 38.3. The number of aromatic hydroxyl groups is 2. The summed E-state index contributed by atoms with van der Waals surface area (Å²) in [6.07, 6.45) is 19.6. The first kappa shape index (κ1) is 52.5. The van der Waals surface area contributed by atoms with Gasteiger partial charge in [0.15, 0.2) is 11.5 Å². The summed E-state index contributed by atoms with van der Waals surface area (Å²) in [6.45, 7) is 18.8. The molecule has 0 aliphatic carbocycles. The summed E-state index contributed by atoms with van der Waals surface area (Å²) < 4.78 is 11.2. The number of esters is 2. The Morgan fingerprint density at radius 2 is 1.27 bits per heavy atom. The Balaban J connectivity index is -0.000000988. The second-order valence-electron chi connectivity index (χ2n) is 13.3. The molecule has 0 amide bonds. The Morgan fingerprint density at radius 1 is 0.725 bits per heavy atom. The molecule has 0 saturated heterocycles. The van der Waals surface area contributed by atoms with Crippen LogP contribution in [0.15, 0.2) is 18.2 Å². The van der Waals surface area contributed by atoms with E-state index in [1.165, 1.54) is 50.7 Å². The Morgan fingerprint density at radius 3 is 1.76 bits per heavy atom. The lowest BCUT2D eigenvalue weighted by Gasteiger charge is -2.24. The van der Waals surface area contributed by atoms with E-state index in [0.717, 1.165) is 76.1 Å². The number of benzene rings is 1. The molecule has 2 N–H and O–H groups in total. The average Bonchev–Trinajstić information content (AvgIpc) is 3.12. The van der Waals surface area contributed by atoms with Gasteiger partial charge in [-0.15, -0.1) is 0 Å². The van der Waals surface area contributed by atoms with Gasteiger partial charge in [0, 0.05) is 25.2 Å². The van der Waals surface area contributed by atoms with E-state index in [1.54, 1.807) is 13.0 Å². The van der Waals surface area contributed by atoms with Crippen LogP contribution in [0, 0.1) is 17.8 Å². The first-order valence-electron chi connectivity index (χ1n) is 20.3. The Kier molecular flexibility index (Phi) is 39.4. The summed E-state index contributed by atoms with van der Waals surface area (Å²) >= 11 is 0. The second-order valence-corrected chi connectivity index (χ2v) is 13.3. The van der Waals surface area contributed by atoms with Gasteiger partial charge < -0.3 is 29.3 Å². The van der Waals surface area contributed by atoms with Crippen molar-refractivity contribution in [2.75, 3.05) is 13.2 Å². The quantitative estimate of drug-likeness (QED) is 0.0418. The van der Waals surface area contributed by atoms with Crippen molar-refractivity contribution in [3.05, 3.63) is 23.8 Å². The average molecular weight is 723 g/mol. The maximum atomic E-state index is 12.8. The lowest BCUT2D eigenvalue weighted by Crippen LogP contribution is -2.28. The molecule has 3 atom stereocenters. The van der Waals surface area contributed by atoms with Crippen LogP contribution in [0.5, 0.6) is 11.5 Å². The van der Waals surface area contributed by atoms with Crippen molar-refractivity contribution >= 4 is 24.0 Å². The van der Waals surface area contributed by atoms with Crippen LogP contribution in [-0.4, -0.2) is 47.4 Å². The van der Waals surface area contributed by atoms with E-state index in [4.69, 9.17) is 9.47 Å². The first-order valence-corrected chi connectivity index (χ1v) is 20.3. The number of hydrogen-bond acceptors (Lipinski definition) is 8. The minimum absolute atomic E-state index is 0.0384. The van der Waals surface area contributed by atoms with Crippen molar-refractivity contribution in [2.45, 2.75) is 184 Å². The van der Waals surface area contributed by atoms with E-state index in [9.17, 15) is 29.4 Å². The van der Waals surface area contributed by atoms with Crippen molar-refractivity contribution < 1.29 is 38.9 Å². The molecule has 0 saturated carbocycles. The van der Waals surface area contributed by atoms with Crippen molar-refractivity contribution in [1.82, 2.24) is 0 Å². The van der Waals surface area contributed by atoms with Gasteiger partial charge in [0.25, 0.3) is 0 Å². The van der Waals surface area contributed by atoms with Gasteiger partial charge in [0.05, 0.1) is 19.1 Å². The monoisotopic (exact) mass is 723 g/mol. The van der Waals surface area contributed by atoms with Gasteiger partial charge in [-0.3, -0.25) is 9.59 Å². The third-order valence-corrected chi connectivity index (χ3v) is 8.63. The van der Waals surface area contributed by atoms with Crippen LogP contribution in [0.25, 0.3) is 0 Å². The van der Waals surface area contributed by atoms with Crippen LogP contribution >= 0.6 is 0 Å². The molecule has 0 spiro atoms. The van der Waals surface area contributed by atoms with Gasteiger partial charge in [-0.2, -0.15) is 0 Å². The molecule has 0 heterocycles. The first-order chi connectivity index (χ1) is 24.5. The predicted molar refractivity (Wildman–Crippen MR) is 211 cm³/mol. The smallest absolute Gasteiger partial charge is 0.309 e. The van der Waals surface area contributed by atoms with E-state index in [-0.39, 0.29) is 54.4 Å². The minimum atomic E-state index is -0.331. The standard InChI is InChI=1S/C26H42O6.C8H16O.C7H14O.C2H6/c1-5-8-9-10-12-25(29)31-17-22(19(4)7-3)18-32-26(30)21(11-6-2)15-20-13-14-23(27)24(28)16-20;1-3-4-5-6-7-8(2)9;1-2-3-4-5-6-7-8;1-2/h13-14,16,19,21-22,27-28H,5-12,15,17-18H2,1-4H3;3-7H2,1-2H3;7H,2-6H2,1H3;1-2H3. The minimum Gasteiger partial charge on any atom is -0.504 e. The zero-order chi connectivity index (χ0) is 39.3. The molecule has 0 aliphatic heterocycles. The maximum Gasteiger partial charge on any atom is 0.309 e. The van der Waals surface area contributed by atoms with Crippen LogP contribution < -0.4 is 0 Å². The van der Waals surface area contributed by atoms with Gasteiger partial charge in [-0.25, -0.2) is 0 Å². The number of unbranched alkanes of at least 4 members (excludes halogenated alkanes) is 10. The Labute approximate surface area is 312 Å². The molecule has 0 bridgehead atoms. The van der Waals surface area contributed by atoms with Gasteiger partial charge in [-0.1, -0.05) is 132 Å². The van der Waals surface area contributed by atoms with Crippen molar-refractivity contribution in [3.8, 4) is 11.5 Å². The molecule has 51 heavy (non-hydrogen) atoms. The lowest BCUT2D eigenvalue weighted by molar-refractivity contribution is -0.153. The van der Waals surface area contributed by atoms with E-state index in [0.29, 0.717) is 25.0 Å². The van der Waals surface area contributed by atoms with Crippen LogP contribution in [0.1, 0.15) is 183 Å². The molecule has 1 rings (SSSR count). The van der Waals surface area contributed by atoms with Crippen LogP contribution in [0.2, 0.25) is 0 Å². The molecule has 0 radical (unpaired) electrons. The number of carbonyl (C=O) groups excluding carboxylic acids is 4. The summed E-state index contributed by atoms with van der Waals surface area (Å²) in [5.74, 6) is -0.624. The molecular weight excluding hydrogens is 644 g/mol. The van der Waals surface area contributed by atoms with Crippen molar-refractivity contribution in [1.29, 1.82) is 0 Å². The third kappa shape index (κ3) is 32.7. The maximum absolute atomic E-state index is 12.8. The zero-order valence-electron chi connectivity index (χ0n) is 34.2. The third-order valence-electron chi connectivity index (χ3n) is 8.63. The SMILES string of the molecule is CC.CCCCCCC(=O)OCC(COC(=O)C(CCC)Cc1ccc(O)c(O)c1)C(C)CC.CCCCCCC(C)=O.CCCCCCC=O. The molecule has 0 aromatic heterocycles. The van der Waals surface area contributed by atoms with E-state index in [2.05, 4.69) is 34.6 Å². The molecular formula is C43H78O8. The van der Waals surface area contributed by atoms with Gasteiger partial charge in [0.2, 0.25) is 0 Å². The number of phenols is 2. The fourth-order valence-corrected chi connectivity index (χ4v) is 5.07. The summed E-state index contributed by atoms with van der Waals surface area (Å²) in [5, 5.41) is 19.2. The van der Waals surface area contributed by atoms with Crippen LogP contribution in [0.4, 0.5) is 0 Å². The van der Waals surface area contributed by atoms with Crippen molar-refractivity contribution in [3.63, 3.8) is 0 Å². The Hall–Kier alpha value is -2.90. The molecule has 8 heteroatoms. The molecule has 3 unspecified atom stereocenters. The molecule has 298 valence electrons. The van der Waals surface area contributed by atoms with Gasteiger partial charge in [-0.05, 0) is 62.6 Å². The Bertz CT molecular complexity index is 977. The molecule has 0 fully saturated rings. The van der Waals surface area contributed by atoms with E-state index in [1.807, 2.05) is 20.8 Å². The number of carbonyl (C=O) groups is 4. The molecule has 1 aromatic carbocycles. The molecule has 8 nitrogen and oxygen atoms in total. The number of ketones is 1. The highest BCUT2D eigenvalue weighted by atomic mass is 16.5. The van der Waals surface area contributed by atoms with Gasteiger partial charge in [0.1, 0.15) is 12.1 Å². The predicted octanol–water partition coefficient (Wildman–Crippen LogP) is 11.5. The zero-order valence-corrected chi connectivity index (χ0v) is 34.2. The van der Waals surface area contributed by atoms with E-state index < -0.39 is 0 Å².